The van der Waals surface area contributed by atoms with Crippen LogP contribution in [-0.4, -0.2) is 95.3 Å². The molecule has 0 spiro atoms. The van der Waals surface area contributed by atoms with Crippen LogP contribution >= 0.6 is 0 Å². The molecule has 0 N–H and O–H groups in total. The molecule has 0 unspecified atom stereocenters. The van der Waals surface area contributed by atoms with Gasteiger partial charge in [-0.15, -0.1) is 0 Å². The Labute approximate surface area is 169 Å². The van der Waals surface area contributed by atoms with E-state index in [9.17, 15) is 39.9 Å². The van der Waals surface area contributed by atoms with Gasteiger partial charge in [0.1, 0.15) is 13.2 Å². The van der Waals surface area contributed by atoms with Crippen LogP contribution in [0.5, 0.6) is 0 Å². The van der Waals surface area contributed by atoms with Gasteiger partial charge in [-0.25, -0.2) is 39.9 Å². The molecule has 0 aromatic heterocycles. The van der Waals surface area contributed by atoms with Crippen molar-refractivity contribution in [2.24, 2.45) is 0 Å². The first-order chi connectivity index (χ1) is 14.1. The van der Waals surface area contributed by atoms with E-state index in [2.05, 4.69) is 9.47 Å². The summed E-state index contributed by atoms with van der Waals surface area (Å²) in [6, 6.07) is 0. The van der Waals surface area contributed by atoms with Crippen LogP contribution in [-0.2, 0) is 28.5 Å². The second-order valence-electron chi connectivity index (χ2n) is 5.08. The highest BCUT2D eigenvalue weighted by Gasteiger charge is 2.31. The van der Waals surface area contributed by atoms with Crippen LogP contribution in [0.1, 0.15) is 13.8 Å². The Morgan fingerprint density at radius 3 is 1.30 bits per heavy atom. The molecule has 0 amide bonds. The number of ether oxygens (including phenoxy) is 4. The van der Waals surface area contributed by atoms with E-state index in [0.29, 0.717) is 0 Å². The smallest absolute Gasteiger partial charge is 0.332 e. The van der Waals surface area contributed by atoms with E-state index in [0.717, 1.165) is 0 Å². The van der Waals surface area contributed by atoms with Crippen LogP contribution in [0.2, 0.25) is 0 Å². The third-order valence-electron chi connectivity index (χ3n) is 2.88. The largest absolute Gasteiger partial charge is 0.464 e. The molecular weight excluding hydrogens is 420 g/mol. The molecule has 0 atom stereocenters. The second-order valence-corrected chi connectivity index (χ2v) is 5.08. The van der Waals surface area contributed by atoms with Gasteiger partial charge in [0, 0.05) is 0 Å². The maximum atomic E-state index is 11.2. The Balaban J connectivity index is 4.87. The van der Waals surface area contributed by atoms with Crippen molar-refractivity contribution in [2.75, 3.05) is 53.2 Å². The van der Waals surface area contributed by atoms with E-state index in [4.69, 9.17) is 9.47 Å². The molecule has 18 nitrogen and oxygen atoms in total. The molecule has 0 heterocycles. The van der Waals surface area contributed by atoms with Crippen molar-refractivity contribution in [3.8, 4) is 0 Å². The van der Waals surface area contributed by atoms with Gasteiger partial charge in [-0.3, -0.25) is 0 Å². The molecule has 18 heteroatoms. The van der Waals surface area contributed by atoms with Crippen LogP contribution in [0.4, 0.5) is 0 Å². The van der Waals surface area contributed by atoms with Crippen molar-refractivity contribution in [1.82, 2.24) is 15.0 Å². The number of nitrogens with zero attached hydrogens (tertiary/aromatic N) is 6. The fourth-order valence-corrected chi connectivity index (χ4v) is 1.68. The highest BCUT2D eigenvalue weighted by Crippen LogP contribution is 2.01. The molecule has 0 rings (SSSR count). The van der Waals surface area contributed by atoms with E-state index in [1.165, 1.54) is 13.8 Å². The summed E-state index contributed by atoms with van der Waals surface area (Å²) in [6.45, 7) is -1.84. The van der Waals surface area contributed by atoms with Gasteiger partial charge >= 0.3 is 11.9 Å². The third kappa shape index (κ3) is 11.3. The van der Waals surface area contributed by atoms with Gasteiger partial charge in [0.25, 0.3) is 0 Å². The SMILES string of the molecule is CCOC(=O)COCN(CN(CN(COCC(=O)OCC)[N+](=O)[O-])[N+](=O)[O-])[N+](=O)[O-]. The average molecular weight is 442 g/mol. The summed E-state index contributed by atoms with van der Waals surface area (Å²) in [4.78, 5) is 55.6. The molecule has 0 fully saturated rings. The van der Waals surface area contributed by atoms with E-state index in [-0.39, 0.29) is 28.2 Å². The van der Waals surface area contributed by atoms with Crippen LogP contribution in [0.15, 0.2) is 0 Å². The minimum Gasteiger partial charge on any atom is -0.464 e. The summed E-state index contributed by atoms with van der Waals surface area (Å²) in [7, 11) is 0. The quantitative estimate of drug-likeness (QED) is 0.108. The summed E-state index contributed by atoms with van der Waals surface area (Å²) in [5.74, 6) is -1.60. The Morgan fingerprint density at radius 2 is 1.03 bits per heavy atom. The summed E-state index contributed by atoms with van der Waals surface area (Å²) in [5, 5.41) is 30.6. The second kappa shape index (κ2) is 14.5. The number of rotatable bonds is 17. The lowest BCUT2D eigenvalue weighted by molar-refractivity contribution is -0.741. The number of hydrogen-bond acceptors (Lipinski definition) is 12. The molecule has 0 aromatic carbocycles. The number of carbonyl (C=O) groups excluding carboxylic acids is 2. The lowest BCUT2D eigenvalue weighted by Crippen LogP contribution is -2.51. The molecule has 0 saturated heterocycles. The third-order valence-corrected chi connectivity index (χ3v) is 2.88. The number of hydrogen-bond donors (Lipinski definition) is 0. The topological polar surface area (TPSA) is 210 Å². The Bertz CT molecular complexity index is 560. The van der Waals surface area contributed by atoms with Crippen LogP contribution < -0.4 is 0 Å². The maximum absolute atomic E-state index is 11.2. The maximum Gasteiger partial charge on any atom is 0.332 e. The standard InChI is InChI=1S/C12H22N6O12/c1-3-29-11(19)5-27-9-14(17(23)24)7-13(16(21)22)8-15(18(25)26)10-28-6-12(20)30-4-2/h3-10H2,1-2H3. The average Bonchev–Trinajstić information content (AvgIpc) is 2.64. The summed E-state index contributed by atoms with van der Waals surface area (Å²) >= 11 is 0. The number of esters is 2. The zero-order valence-corrected chi connectivity index (χ0v) is 16.2. The van der Waals surface area contributed by atoms with E-state index in [1.807, 2.05) is 0 Å². The number of nitro groups is 3. The summed E-state index contributed by atoms with van der Waals surface area (Å²) in [5.41, 5.74) is 0. The molecule has 0 saturated carbocycles. The molecule has 0 radical (unpaired) electrons. The van der Waals surface area contributed by atoms with Gasteiger partial charge in [0.15, 0.2) is 28.6 Å². The van der Waals surface area contributed by atoms with Crippen molar-refractivity contribution in [1.29, 1.82) is 0 Å². The van der Waals surface area contributed by atoms with Gasteiger partial charge in [0.2, 0.25) is 13.3 Å². The van der Waals surface area contributed by atoms with Crippen molar-refractivity contribution in [2.45, 2.75) is 13.8 Å². The van der Waals surface area contributed by atoms with Gasteiger partial charge in [0.05, 0.1) is 13.2 Å². The number of hydrazine groups is 3. The van der Waals surface area contributed by atoms with Crippen molar-refractivity contribution in [3.63, 3.8) is 0 Å². The minimum absolute atomic E-state index is 0.0607. The Kier molecular flexibility index (Phi) is 12.8. The van der Waals surface area contributed by atoms with Gasteiger partial charge < -0.3 is 18.9 Å². The Hall–Kier alpha value is -3.54. The highest BCUT2D eigenvalue weighted by molar-refractivity contribution is 5.70. The van der Waals surface area contributed by atoms with Gasteiger partial charge in [-0.05, 0) is 13.8 Å². The molecule has 0 aromatic rings. The lowest BCUT2D eigenvalue weighted by atomic mass is 10.7. The van der Waals surface area contributed by atoms with E-state index in [1.54, 1.807) is 0 Å². The van der Waals surface area contributed by atoms with Crippen molar-refractivity contribution in [3.05, 3.63) is 30.3 Å². The number of carbonyl (C=O) groups is 2. The molecule has 0 bridgehead atoms. The fourth-order valence-electron chi connectivity index (χ4n) is 1.68. The lowest BCUT2D eigenvalue weighted by Gasteiger charge is -2.21. The van der Waals surface area contributed by atoms with Crippen molar-refractivity contribution < 1.29 is 43.6 Å². The van der Waals surface area contributed by atoms with Crippen LogP contribution in [0, 0.1) is 30.3 Å². The van der Waals surface area contributed by atoms with E-state index < -0.39 is 67.0 Å². The van der Waals surface area contributed by atoms with E-state index >= 15 is 0 Å². The molecule has 0 aliphatic heterocycles. The zero-order chi connectivity index (χ0) is 23.1. The van der Waals surface area contributed by atoms with Gasteiger partial charge in [-0.1, -0.05) is 15.0 Å². The molecule has 172 valence electrons. The first kappa shape index (κ1) is 26.5. The first-order valence-corrected chi connectivity index (χ1v) is 8.26. The predicted molar refractivity (Wildman–Crippen MR) is 91.1 cm³/mol. The van der Waals surface area contributed by atoms with Gasteiger partial charge in [-0.2, -0.15) is 0 Å². The minimum atomic E-state index is -1.11. The fraction of sp³-hybridized carbons (Fsp3) is 0.833. The molecule has 0 aliphatic rings. The predicted octanol–water partition coefficient (Wildman–Crippen LogP) is -1.54. The molecule has 30 heavy (non-hydrogen) atoms. The van der Waals surface area contributed by atoms with Crippen LogP contribution in [0.25, 0.3) is 0 Å². The normalized spacial score (nSPS) is 10.1. The summed E-state index contributed by atoms with van der Waals surface area (Å²) < 4.78 is 18.6. The van der Waals surface area contributed by atoms with Crippen LogP contribution in [0.3, 0.4) is 0 Å². The molecule has 0 aliphatic carbocycles. The molecular formula is C12H22N6O12. The zero-order valence-electron chi connectivity index (χ0n) is 16.2. The first-order valence-electron chi connectivity index (χ1n) is 8.26. The Morgan fingerprint density at radius 1 is 0.700 bits per heavy atom. The van der Waals surface area contributed by atoms with Crippen molar-refractivity contribution >= 4 is 11.9 Å². The highest BCUT2D eigenvalue weighted by atomic mass is 16.7. The summed E-state index contributed by atoms with van der Waals surface area (Å²) in [6.07, 6.45) is 0. The monoisotopic (exact) mass is 442 g/mol.